The maximum absolute atomic E-state index is 12.9. The van der Waals surface area contributed by atoms with Crippen LogP contribution in [0.5, 0.6) is 0 Å². The Kier molecular flexibility index (Phi) is 4.97. The van der Waals surface area contributed by atoms with Gasteiger partial charge in [0.1, 0.15) is 10.6 Å². The predicted molar refractivity (Wildman–Crippen MR) is 104 cm³/mol. The third kappa shape index (κ3) is 3.56. The highest BCUT2D eigenvalue weighted by Crippen LogP contribution is 2.24. The minimum Gasteiger partial charge on any atom is -0.360 e. The molecule has 1 aliphatic heterocycles. The number of carbonyl (C=O) groups is 1. The minimum atomic E-state index is -3.70. The van der Waals surface area contributed by atoms with Gasteiger partial charge in [0.15, 0.2) is 5.76 Å². The van der Waals surface area contributed by atoms with Gasteiger partial charge in [-0.3, -0.25) is 4.79 Å². The Bertz CT molecular complexity index is 1090. The van der Waals surface area contributed by atoms with E-state index in [0.717, 1.165) is 5.69 Å². The van der Waals surface area contributed by atoms with Crippen molar-refractivity contribution in [2.75, 3.05) is 26.2 Å². The van der Waals surface area contributed by atoms with E-state index in [1.807, 2.05) is 24.4 Å². The lowest BCUT2D eigenvalue weighted by Gasteiger charge is -2.34. The van der Waals surface area contributed by atoms with E-state index < -0.39 is 10.0 Å². The third-order valence-electron chi connectivity index (χ3n) is 4.97. The van der Waals surface area contributed by atoms with Gasteiger partial charge in [-0.2, -0.15) is 9.40 Å². The van der Waals surface area contributed by atoms with Crippen LogP contribution in [0.3, 0.4) is 0 Å². The molecule has 0 unspecified atom stereocenters. The van der Waals surface area contributed by atoms with Crippen molar-refractivity contribution in [2.24, 2.45) is 0 Å². The SMILES string of the molecule is Cc1noc(C)c1S(=O)(=O)N1CCN(C(=O)c2ccc(-n3cccn3)cc2)CC1. The van der Waals surface area contributed by atoms with Crippen molar-refractivity contribution in [3.05, 3.63) is 59.7 Å². The second-order valence-electron chi connectivity index (χ2n) is 6.85. The lowest BCUT2D eigenvalue weighted by molar-refractivity contribution is 0.0698. The smallest absolute Gasteiger partial charge is 0.253 e. The second-order valence-corrected chi connectivity index (χ2v) is 8.72. The first-order chi connectivity index (χ1) is 13.9. The summed E-state index contributed by atoms with van der Waals surface area (Å²) in [5.41, 5.74) is 1.77. The Labute approximate surface area is 168 Å². The van der Waals surface area contributed by atoms with Crippen LogP contribution >= 0.6 is 0 Å². The fourth-order valence-corrected chi connectivity index (χ4v) is 5.18. The molecule has 3 aromatic rings. The van der Waals surface area contributed by atoms with Crippen LogP contribution in [-0.2, 0) is 10.0 Å². The van der Waals surface area contributed by atoms with Crippen LogP contribution in [0.4, 0.5) is 0 Å². The number of amides is 1. The highest BCUT2D eigenvalue weighted by molar-refractivity contribution is 7.89. The predicted octanol–water partition coefficient (Wildman–Crippen LogP) is 1.62. The van der Waals surface area contributed by atoms with Gasteiger partial charge in [0.2, 0.25) is 10.0 Å². The molecule has 0 bridgehead atoms. The Morgan fingerprint density at radius 2 is 1.76 bits per heavy atom. The molecule has 1 saturated heterocycles. The van der Waals surface area contributed by atoms with E-state index in [1.54, 1.807) is 41.8 Å². The molecule has 29 heavy (non-hydrogen) atoms. The number of hydrogen-bond donors (Lipinski definition) is 0. The average molecular weight is 415 g/mol. The van der Waals surface area contributed by atoms with Gasteiger partial charge in [-0.15, -0.1) is 0 Å². The first-order valence-corrected chi connectivity index (χ1v) is 10.6. The second kappa shape index (κ2) is 7.45. The van der Waals surface area contributed by atoms with Gasteiger partial charge in [0.25, 0.3) is 5.91 Å². The summed E-state index contributed by atoms with van der Waals surface area (Å²) >= 11 is 0. The number of carbonyl (C=O) groups excluding carboxylic acids is 1. The summed E-state index contributed by atoms with van der Waals surface area (Å²) in [6.07, 6.45) is 3.52. The normalized spacial score (nSPS) is 15.6. The van der Waals surface area contributed by atoms with Crippen LogP contribution in [-0.4, -0.2) is 64.6 Å². The number of piperazine rings is 1. The number of nitrogens with zero attached hydrogens (tertiary/aromatic N) is 5. The van der Waals surface area contributed by atoms with Crippen molar-refractivity contribution >= 4 is 15.9 Å². The number of hydrogen-bond acceptors (Lipinski definition) is 6. The topological polar surface area (TPSA) is 102 Å². The maximum Gasteiger partial charge on any atom is 0.253 e. The highest BCUT2D eigenvalue weighted by atomic mass is 32.2. The molecule has 1 amide bonds. The summed E-state index contributed by atoms with van der Waals surface area (Å²) in [7, 11) is -3.70. The fourth-order valence-electron chi connectivity index (χ4n) is 3.46. The molecule has 1 aromatic carbocycles. The Hall–Kier alpha value is -2.98. The quantitative estimate of drug-likeness (QED) is 0.642. The van der Waals surface area contributed by atoms with E-state index in [0.29, 0.717) is 24.3 Å². The molecule has 0 atom stereocenters. The van der Waals surface area contributed by atoms with E-state index in [-0.39, 0.29) is 29.7 Å². The van der Waals surface area contributed by atoms with Gasteiger partial charge in [-0.25, -0.2) is 13.1 Å². The number of rotatable bonds is 4. The molecule has 0 N–H and O–H groups in total. The molecule has 0 radical (unpaired) electrons. The van der Waals surface area contributed by atoms with Crippen molar-refractivity contribution in [3.63, 3.8) is 0 Å². The zero-order valence-corrected chi connectivity index (χ0v) is 17.0. The van der Waals surface area contributed by atoms with Gasteiger partial charge >= 0.3 is 0 Å². The summed E-state index contributed by atoms with van der Waals surface area (Å²) in [4.78, 5) is 14.6. The molecule has 1 fully saturated rings. The molecule has 152 valence electrons. The van der Waals surface area contributed by atoms with E-state index in [4.69, 9.17) is 4.52 Å². The Morgan fingerprint density at radius 3 is 2.31 bits per heavy atom. The number of benzene rings is 1. The fraction of sp³-hybridized carbons (Fsp3) is 0.316. The minimum absolute atomic E-state index is 0.117. The van der Waals surface area contributed by atoms with Crippen molar-refractivity contribution in [1.82, 2.24) is 24.1 Å². The molecule has 2 aromatic heterocycles. The van der Waals surface area contributed by atoms with Gasteiger partial charge in [0.05, 0.1) is 5.69 Å². The molecule has 10 heteroatoms. The van der Waals surface area contributed by atoms with Crippen molar-refractivity contribution in [2.45, 2.75) is 18.7 Å². The zero-order chi connectivity index (χ0) is 20.6. The molecule has 0 aliphatic carbocycles. The van der Waals surface area contributed by atoms with E-state index in [2.05, 4.69) is 10.3 Å². The van der Waals surface area contributed by atoms with Crippen LogP contribution in [0.25, 0.3) is 5.69 Å². The summed E-state index contributed by atoms with van der Waals surface area (Å²) in [6.45, 7) is 4.29. The first kappa shape index (κ1) is 19.3. The highest BCUT2D eigenvalue weighted by Gasteiger charge is 2.34. The van der Waals surface area contributed by atoms with E-state index in [9.17, 15) is 13.2 Å². The van der Waals surface area contributed by atoms with Crippen molar-refractivity contribution in [1.29, 1.82) is 0 Å². The van der Waals surface area contributed by atoms with Crippen LogP contribution in [0.15, 0.2) is 52.1 Å². The molecular weight excluding hydrogens is 394 g/mol. The Balaban J connectivity index is 1.43. The number of sulfonamides is 1. The average Bonchev–Trinajstić information content (AvgIpc) is 3.38. The van der Waals surface area contributed by atoms with Gasteiger partial charge in [-0.05, 0) is 44.2 Å². The van der Waals surface area contributed by atoms with Gasteiger partial charge in [-0.1, -0.05) is 5.16 Å². The lowest BCUT2D eigenvalue weighted by atomic mass is 10.1. The number of aromatic nitrogens is 3. The Morgan fingerprint density at radius 1 is 1.07 bits per heavy atom. The summed E-state index contributed by atoms with van der Waals surface area (Å²) in [5.74, 6) is 0.157. The maximum atomic E-state index is 12.9. The third-order valence-corrected chi connectivity index (χ3v) is 7.12. The zero-order valence-electron chi connectivity index (χ0n) is 16.1. The largest absolute Gasteiger partial charge is 0.360 e. The standard InChI is InChI=1S/C19H21N5O4S/c1-14-18(15(2)28-21-14)29(26,27)23-12-10-22(11-13-23)19(25)16-4-6-17(7-5-16)24-9-3-8-20-24/h3-9H,10-13H2,1-2H3. The molecule has 0 saturated carbocycles. The summed E-state index contributed by atoms with van der Waals surface area (Å²) in [6, 6.07) is 9.00. The lowest BCUT2D eigenvalue weighted by Crippen LogP contribution is -2.50. The van der Waals surface area contributed by atoms with Crippen LogP contribution < -0.4 is 0 Å². The monoisotopic (exact) mass is 415 g/mol. The summed E-state index contributed by atoms with van der Waals surface area (Å²) in [5, 5.41) is 7.90. The molecule has 0 spiro atoms. The van der Waals surface area contributed by atoms with Crippen LogP contribution in [0.1, 0.15) is 21.8 Å². The van der Waals surface area contributed by atoms with Crippen LogP contribution in [0, 0.1) is 13.8 Å². The van der Waals surface area contributed by atoms with Crippen molar-refractivity contribution in [3.8, 4) is 5.69 Å². The van der Waals surface area contributed by atoms with E-state index in [1.165, 1.54) is 4.31 Å². The molecular formula is C19H21N5O4S. The summed E-state index contributed by atoms with van der Waals surface area (Å²) < 4.78 is 33.9. The molecule has 9 nitrogen and oxygen atoms in total. The van der Waals surface area contributed by atoms with Gasteiger partial charge < -0.3 is 9.42 Å². The van der Waals surface area contributed by atoms with Gasteiger partial charge in [0, 0.05) is 44.1 Å². The van der Waals surface area contributed by atoms with E-state index >= 15 is 0 Å². The first-order valence-electron chi connectivity index (χ1n) is 9.20. The molecule has 4 rings (SSSR count). The van der Waals surface area contributed by atoms with Crippen LogP contribution in [0.2, 0.25) is 0 Å². The molecule has 3 heterocycles. The molecule has 1 aliphatic rings. The van der Waals surface area contributed by atoms with Crippen molar-refractivity contribution < 1.29 is 17.7 Å². The number of aryl methyl sites for hydroxylation is 2.